The monoisotopic (exact) mass is 313 g/mol. The van der Waals surface area contributed by atoms with Gasteiger partial charge in [-0.25, -0.2) is 9.97 Å². The first-order chi connectivity index (χ1) is 9.98. The highest BCUT2D eigenvalue weighted by atomic mass is 32.2. The van der Waals surface area contributed by atoms with Gasteiger partial charge < -0.3 is 9.64 Å². The third-order valence-electron chi connectivity index (χ3n) is 3.70. The van der Waals surface area contributed by atoms with Gasteiger partial charge in [0.25, 0.3) is 10.2 Å². The maximum Gasteiger partial charge on any atom is 0.282 e. The van der Waals surface area contributed by atoms with Crippen LogP contribution in [-0.2, 0) is 28.0 Å². The van der Waals surface area contributed by atoms with Gasteiger partial charge in [0, 0.05) is 45.5 Å². The maximum atomic E-state index is 12.2. The van der Waals surface area contributed by atoms with Crippen molar-refractivity contribution >= 4 is 16.2 Å². The van der Waals surface area contributed by atoms with Gasteiger partial charge in [0.2, 0.25) is 5.95 Å². The van der Waals surface area contributed by atoms with Crippen LogP contribution in [0.25, 0.3) is 0 Å². The molecular formula is C12H19N5O3S. The predicted molar refractivity (Wildman–Crippen MR) is 76.9 cm³/mol. The molecule has 0 bridgehead atoms. The number of fused-ring (bicyclic) bond motifs is 1. The summed E-state index contributed by atoms with van der Waals surface area (Å²) in [7, 11) is -0.355. The standard InChI is InChI=1S/C12H19N5O3S/c1-15(2)21(18,19)17-8-10-7-13-12(14-11(10)9-17)16-3-5-20-6-4-16/h7H,3-6,8-9H2,1-2H3. The molecule has 2 aliphatic heterocycles. The summed E-state index contributed by atoms with van der Waals surface area (Å²) in [6.45, 7) is 3.50. The summed E-state index contributed by atoms with van der Waals surface area (Å²) in [5.41, 5.74) is 1.66. The average Bonchev–Trinajstić information content (AvgIpc) is 2.91. The number of aromatic nitrogens is 2. The number of morpholine rings is 1. The molecule has 0 aliphatic carbocycles. The Morgan fingerprint density at radius 3 is 2.62 bits per heavy atom. The molecule has 2 aliphatic rings. The molecule has 0 N–H and O–H groups in total. The normalized spacial score (nSPS) is 20.0. The molecule has 0 radical (unpaired) electrons. The fourth-order valence-electron chi connectivity index (χ4n) is 2.42. The Morgan fingerprint density at radius 1 is 1.24 bits per heavy atom. The van der Waals surface area contributed by atoms with Crippen molar-refractivity contribution in [3.8, 4) is 0 Å². The molecule has 1 saturated heterocycles. The van der Waals surface area contributed by atoms with Gasteiger partial charge in [0.15, 0.2) is 0 Å². The molecule has 0 aromatic carbocycles. The quantitative estimate of drug-likeness (QED) is 0.744. The molecule has 0 spiro atoms. The van der Waals surface area contributed by atoms with Crippen molar-refractivity contribution < 1.29 is 13.2 Å². The second-order valence-corrected chi connectivity index (χ2v) is 7.44. The minimum Gasteiger partial charge on any atom is -0.378 e. The molecule has 116 valence electrons. The maximum absolute atomic E-state index is 12.2. The summed E-state index contributed by atoms with van der Waals surface area (Å²) in [5, 5.41) is 0. The second kappa shape index (κ2) is 5.48. The Hall–Kier alpha value is -1.29. The van der Waals surface area contributed by atoms with Crippen LogP contribution < -0.4 is 4.90 Å². The summed E-state index contributed by atoms with van der Waals surface area (Å²) in [6, 6.07) is 0. The molecular weight excluding hydrogens is 294 g/mol. The molecule has 0 amide bonds. The lowest BCUT2D eigenvalue weighted by Crippen LogP contribution is -2.37. The van der Waals surface area contributed by atoms with E-state index in [2.05, 4.69) is 14.9 Å². The van der Waals surface area contributed by atoms with Gasteiger partial charge in [-0.05, 0) is 0 Å². The van der Waals surface area contributed by atoms with Gasteiger partial charge in [-0.1, -0.05) is 0 Å². The number of hydrogen-bond acceptors (Lipinski definition) is 6. The molecule has 0 saturated carbocycles. The smallest absolute Gasteiger partial charge is 0.282 e. The molecule has 21 heavy (non-hydrogen) atoms. The third-order valence-corrected chi connectivity index (χ3v) is 5.53. The van der Waals surface area contributed by atoms with E-state index in [9.17, 15) is 8.42 Å². The van der Waals surface area contributed by atoms with E-state index >= 15 is 0 Å². The molecule has 3 rings (SSSR count). The van der Waals surface area contributed by atoms with Crippen LogP contribution in [0, 0.1) is 0 Å². The molecule has 8 nitrogen and oxygen atoms in total. The number of ether oxygens (including phenoxy) is 1. The first kappa shape index (κ1) is 14.6. The molecule has 1 fully saturated rings. The van der Waals surface area contributed by atoms with E-state index < -0.39 is 10.2 Å². The summed E-state index contributed by atoms with van der Waals surface area (Å²) in [5.74, 6) is 0.654. The van der Waals surface area contributed by atoms with E-state index in [1.807, 2.05) is 0 Å². The lowest BCUT2D eigenvalue weighted by Gasteiger charge is -2.26. The van der Waals surface area contributed by atoms with E-state index in [4.69, 9.17) is 4.74 Å². The highest BCUT2D eigenvalue weighted by Gasteiger charge is 2.32. The zero-order chi connectivity index (χ0) is 15.0. The Balaban J connectivity index is 1.81. The Bertz CT molecular complexity index is 628. The van der Waals surface area contributed by atoms with Gasteiger partial charge in [-0.3, -0.25) is 0 Å². The van der Waals surface area contributed by atoms with Crippen LogP contribution in [0.1, 0.15) is 11.3 Å². The first-order valence-corrected chi connectivity index (χ1v) is 8.23. The number of hydrogen-bond donors (Lipinski definition) is 0. The second-order valence-electron chi connectivity index (χ2n) is 5.30. The van der Waals surface area contributed by atoms with Gasteiger partial charge in [0.05, 0.1) is 25.5 Å². The van der Waals surface area contributed by atoms with Crippen LogP contribution >= 0.6 is 0 Å². The van der Waals surface area contributed by atoms with Gasteiger partial charge in [-0.15, -0.1) is 0 Å². The highest BCUT2D eigenvalue weighted by Crippen LogP contribution is 2.25. The SMILES string of the molecule is CN(C)S(=O)(=O)N1Cc2cnc(N3CCOCC3)nc2C1. The van der Waals surface area contributed by atoms with Crippen molar-refractivity contribution in [3.05, 3.63) is 17.5 Å². The molecule has 9 heteroatoms. The lowest BCUT2D eigenvalue weighted by atomic mass is 10.3. The van der Waals surface area contributed by atoms with Gasteiger partial charge >= 0.3 is 0 Å². The molecule has 0 atom stereocenters. The van der Waals surface area contributed by atoms with Crippen molar-refractivity contribution in [2.24, 2.45) is 0 Å². The topological polar surface area (TPSA) is 78.9 Å². The lowest BCUT2D eigenvalue weighted by molar-refractivity contribution is 0.122. The summed E-state index contributed by atoms with van der Waals surface area (Å²) >= 11 is 0. The van der Waals surface area contributed by atoms with Crippen LogP contribution in [0.4, 0.5) is 5.95 Å². The summed E-state index contributed by atoms with van der Waals surface area (Å²) < 4.78 is 32.3. The fraction of sp³-hybridized carbons (Fsp3) is 0.667. The van der Waals surface area contributed by atoms with Crippen LogP contribution in [0.2, 0.25) is 0 Å². The van der Waals surface area contributed by atoms with E-state index in [1.165, 1.54) is 22.7 Å². The van der Waals surface area contributed by atoms with Gasteiger partial charge in [-0.2, -0.15) is 17.0 Å². The van der Waals surface area contributed by atoms with E-state index in [0.717, 1.165) is 24.3 Å². The van der Waals surface area contributed by atoms with E-state index in [1.54, 1.807) is 6.20 Å². The Labute approximate surface area is 124 Å². The van der Waals surface area contributed by atoms with Crippen molar-refractivity contribution in [1.82, 2.24) is 18.6 Å². The van der Waals surface area contributed by atoms with Crippen molar-refractivity contribution in [2.45, 2.75) is 13.1 Å². The van der Waals surface area contributed by atoms with Gasteiger partial charge in [0.1, 0.15) is 0 Å². The van der Waals surface area contributed by atoms with Crippen LogP contribution in [0.5, 0.6) is 0 Å². The first-order valence-electron chi connectivity index (χ1n) is 6.83. The Kier molecular flexibility index (Phi) is 3.82. The third kappa shape index (κ3) is 2.73. The molecule has 1 aromatic rings. The minimum atomic E-state index is -3.42. The van der Waals surface area contributed by atoms with Crippen LogP contribution in [0.15, 0.2) is 6.20 Å². The zero-order valence-corrected chi connectivity index (χ0v) is 13.0. The van der Waals surface area contributed by atoms with E-state index in [-0.39, 0.29) is 0 Å². The highest BCUT2D eigenvalue weighted by molar-refractivity contribution is 7.86. The van der Waals surface area contributed by atoms with Crippen LogP contribution in [0.3, 0.4) is 0 Å². The van der Waals surface area contributed by atoms with Crippen molar-refractivity contribution in [1.29, 1.82) is 0 Å². The zero-order valence-electron chi connectivity index (χ0n) is 12.2. The van der Waals surface area contributed by atoms with Crippen molar-refractivity contribution in [3.63, 3.8) is 0 Å². The molecule has 0 unspecified atom stereocenters. The minimum absolute atomic E-state index is 0.301. The predicted octanol–water partition coefficient (Wildman–Crippen LogP) is -0.565. The fourth-order valence-corrected chi connectivity index (χ4v) is 3.47. The summed E-state index contributed by atoms with van der Waals surface area (Å²) in [4.78, 5) is 11.0. The molecule has 1 aromatic heterocycles. The number of anilines is 1. The van der Waals surface area contributed by atoms with Crippen molar-refractivity contribution in [2.75, 3.05) is 45.3 Å². The molecule has 3 heterocycles. The number of rotatable bonds is 3. The number of nitrogens with zero attached hydrogens (tertiary/aromatic N) is 5. The largest absolute Gasteiger partial charge is 0.378 e. The van der Waals surface area contributed by atoms with Crippen LogP contribution in [-0.4, -0.2) is 67.4 Å². The Morgan fingerprint density at radius 2 is 1.95 bits per heavy atom. The average molecular weight is 313 g/mol. The van der Waals surface area contributed by atoms with E-state index in [0.29, 0.717) is 32.3 Å². The summed E-state index contributed by atoms with van der Waals surface area (Å²) in [6.07, 6.45) is 1.73.